The molecule has 1 unspecified atom stereocenters. The summed E-state index contributed by atoms with van der Waals surface area (Å²) < 4.78 is 6.21. The fourth-order valence-corrected chi connectivity index (χ4v) is 1.91. The molecule has 0 saturated carbocycles. The molecule has 0 fully saturated rings. The number of halogens is 1. The second kappa shape index (κ2) is 6.93. The number of pyridine rings is 1. The zero-order valence-electron chi connectivity index (χ0n) is 9.16. The molecule has 1 rings (SSSR count). The molecule has 15 heavy (non-hydrogen) atoms. The summed E-state index contributed by atoms with van der Waals surface area (Å²) in [5.41, 5.74) is 1.01. The van der Waals surface area contributed by atoms with Crippen molar-refractivity contribution in [3.63, 3.8) is 0 Å². The van der Waals surface area contributed by atoms with Crippen molar-refractivity contribution in [2.45, 2.75) is 19.4 Å². The number of ether oxygens (including phenoxy) is 1. The third kappa shape index (κ3) is 3.89. The molecule has 0 radical (unpaired) electrons. The largest absolute Gasteiger partial charge is 0.383 e. The van der Waals surface area contributed by atoms with Crippen molar-refractivity contribution >= 4 is 15.9 Å². The van der Waals surface area contributed by atoms with Gasteiger partial charge in [0.2, 0.25) is 0 Å². The van der Waals surface area contributed by atoms with Gasteiger partial charge in [-0.2, -0.15) is 0 Å². The zero-order chi connectivity index (χ0) is 11.1. The first-order valence-corrected chi connectivity index (χ1v) is 5.91. The van der Waals surface area contributed by atoms with Crippen molar-refractivity contribution in [2.24, 2.45) is 0 Å². The molecule has 0 amide bonds. The van der Waals surface area contributed by atoms with Crippen molar-refractivity contribution in [3.05, 3.63) is 28.5 Å². The quantitative estimate of drug-likeness (QED) is 0.864. The van der Waals surface area contributed by atoms with Gasteiger partial charge in [-0.05, 0) is 41.0 Å². The van der Waals surface area contributed by atoms with E-state index in [1.165, 1.54) is 0 Å². The standard InChI is InChI=1S/C11H17BrN2O/c1-3-6-13-10(8-15-2)11-9(12)5-4-7-14-11/h4-5,7,10,13H,3,6,8H2,1-2H3. The van der Waals surface area contributed by atoms with Crippen LogP contribution in [-0.4, -0.2) is 25.2 Å². The Labute approximate surface area is 99.4 Å². The molecule has 0 aliphatic rings. The van der Waals surface area contributed by atoms with E-state index in [-0.39, 0.29) is 6.04 Å². The lowest BCUT2D eigenvalue weighted by Gasteiger charge is -2.18. The van der Waals surface area contributed by atoms with Crippen LogP contribution in [0.15, 0.2) is 22.8 Å². The topological polar surface area (TPSA) is 34.1 Å². The maximum absolute atomic E-state index is 5.19. The first-order chi connectivity index (χ1) is 7.29. The van der Waals surface area contributed by atoms with Crippen LogP contribution >= 0.6 is 15.9 Å². The summed E-state index contributed by atoms with van der Waals surface area (Å²) in [6.45, 7) is 3.75. The summed E-state index contributed by atoms with van der Waals surface area (Å²) in [4.78, 5) is 4.36. The van der Waals surface area contributed by atoms with Gasteiger partial charge in [-0.1, -0.05) is 6.92 Å². The van der Waals surface area contributed by atoms with Crippen LogP contribution in [0, 0.1) is 0 Å². The Hall–Kier alpha value is -0.450. The van der Waals surface area contributed by atoms with Gasteiger partial charge in [0.15, 0.2) is 0 Å². The maximum atomic E-state index is 5.19. The molecule has 0 aliphatic heterocycles. The van der Waals surface area contributed by atoms with E-state index in [2.05, 4.69) is 33.2 Å². The van der Waals surface area contributed by atoms with Crippen LogP contribution in [0.1, 0.15) is 25.1 Å². The van der Waals surface area contributed by atoms with E-state index in [9.17, 15) is 0 Å². The van der Waals surface area contributed by atoms with E-state index in [0.29, 0.717) is 6.61 Å². The average Bonchev–Trinajstić information content (AvgIpc) is 2.25. The van der Waals surface area contributed by atoms with Gasteiger partial charge in [-0.3, -0.25) is 4.98 Å². The highest BCUT2D eigenvalue weighted by Gasteiger charge is 2.14. The summed E-state index contributed by atoms with van der Waals surface area (Å²) in [5.74, 6) is 0. The number of aromatic nitrogens is 1. The highest BCUT2D eigenvalue weighted by atomic mass is 79.9. The van der Waals surface area contributed by atoms with Crippen molar-refractivity contribution in [2.75, 3.05) is 20.3 Å². The molecule has 1 aromatic rings. The number of methoxy groups -OCH3 is 1. The maximum Gasteiger partial charge on any atom is 0.0744 e. The Morgan fingerprint density at radius 1 is 1.60 bits per heavy atom. The van der Waals surface area contributed by atoms with Crippen LogP contribution in [0.3, 0.4) is 0 Å². The highest BCUT2D eigenvalue weighted by molar-refractivity contribution is 9.10. The molecule has 1 N–H and O–H groups in total. The van der Waals surface area contributed by atoms with Gasteiger partial charge in [0.05, 0.1) is 18.3 Å². The van der Waals surface area contributed by atoms with Gasteiger partial charge in [-0.25, -0.2) is 0 Å². The van der Waals surface area contributed by atoms with Gasteiger partial charge in [-0.15, -0.1) is 0 Å². The minimum atomic E-state index is 0.158. The molecule has 0 spiro atoms. The van der Waals surface area contributed by atoms with Crippen LogP contribution in [0.4, 0.5) is 0 Å². The Morgan fingerprint density at radius 3 is 3.00 bits per heavy atom. The number of hydrogen-bond acceptors (Lipinski definition) is 3. The van der Waals surface area contributed by atoms with Gasteiger partial charge in [0.1, 0.15) is 0 Å². The Balaban J connectivity index is 2.74. The fraction of sp³-hybridized carbons (Fsp3) is 0.545. The number of hydrogen-bond donors (Lipinski definition) is 1. The summed E-state index contributed by atoms with van der Waals surface area (Å²) in [6.07, 6.45) is 2.90. The van der Waals surface area contributed by atoms with Crippen molar-refractivity contribution < 1.29 is 4.74 Å². The van der Waals surface area contributed by atoms with Gasteiger partial charge in [0.25, 0.3) is 0 Å². The predicted octanol–water partition coefficient (Wildman–Crippen LogP) is 2.53. The van der Waals surface area contributed by atoms with Gasteiger partial charge < -0.3 is 10.1 Å². The average molecular weight is 273 g/mol. The van der Waals surface area contributed by atoms with E-state index in [1.54, 1.807) is 13.3 Å². The smallest absolute Gasteiger partial charge is 0.0744 e. The molecular weight excluding hydrogens is 256 g/mol. The normalized spacial score (nSPS) is 12.7. The Morgan fingerprint density at radius 2 is 2.40 bits per heavy atom. The molecule has 0 aliphatic carbocycles. The lowest BCUT2D eigenvalue weighted by Crippen LogP contribution is -2.27. The van der Waals surface area contributed by atoms with E-state index < -0.39 is 0 Å². The van der Waals surface area contributed by atoms with Gasteiger partial charge in [0, 0.05) is 17.8 Å². The number of rotatable bonds is 6. The molecule has 84 valence electrons. The highest BCUT2D eigenvalue weighted by Crippen LogP contribution is 2.20. The minimum Gasteiger partial charge on any atom is -0.383 e. The van der Waals surface area contributed by atoms with E-state index in [4.69, 9.17) is 4.74 Å². The van der Waals surface area contributed by atoms with Crippen LogP contribution in [0.25, 0.3) is 0 Å². The third-order valence-corrected chi connectivity index (χ3v) is 2.76. The first kappa shape index (κ1) is 12.6. The molecule has 1 atom stereocenters. The second-order valence-corrected chi connectivity index (χ2v) is 4.19. The minimum absolute atomic E-state index is 0.158. The lowest BCUT2D eigenvalue weighted by atomic mass is 10.2. The monoisotopic (exact) mass is 272 g/mol. The van der Waals surface area contributed by atoms with Crippen LogP contribution in [0.5, 0.6) is 0 Å². The molecular formula is C11H17BrN2O. The third-order valence-electron chi connectivity index (χ3n) is 2.09. The molecule has 1 heterocycles. The zero-order valence-corrected chi connectivity index (χ0v) is 10.8. The van der Waals surface area contributed by atoms with E-state index >= 15 is 0 Å². The van der Waals surface area contributed by atoms with Crippen molar-refractivity contribution in [3.8, 4) is 0 Å². The molecule has 3 nitrogen and oxygen atoms in total. The van der Waals surface area contributed by atoms with E-state index in [1.807, 2.05) is 12.1 Å². The summed E-state index contributed by atoms with van der Waals surface area (Å²) >= 11 is 3.50. The summed E-state index contributed by atoms with van der Waals surface area (Å²) in [6, 6.07) is 4.07. The summed E-state index contributed by atoms with van der Waals surface area (Å²) in [5, 5.41) is 3.41. The van der Waals surface area contributed by atoms with Crippen LogP contribution in [-0.2, 0) is 4.74 Å². The SMILES string of the molecule is CCCNC(COC)c1ncccc1Br. The van der Waals surface area contributed by atoms with Crippen molar-refractivity contribution in [1.82, 2.24) is 10.3 Å². The van der Waals surface area contributed by atoms with Gasteiger partial charge >= 0.3 is 0 Å². The molecule has 0 saturated heterocycles. The number of nitrogens with zero attached hydrogens (tertiary/aromatic N) is 1. The molecule has 1 aromatic heterocycles. The summed E-state index contributed by atoms with van der Waals surface area (Å²) in [7, 11) is 1.71. The molecule has 0 bridgehead atoms. The first-order valence-electron chi connectivity index (χ1n) is 5.12. The predicted molar refractivity (Wildman–Crippen MR) is 64.8 cm³/mol. The molecule has 0 aromatic carbocycles. The molecule has 4 heteroatoms. The Kier molecular flexibility index (Phi) is 5.83. The van der Waals surface area contributed by atoms with Crippen LogP contribution in [0.2, 0.25) is 0 Å². The second-order valence-electron chi connectivity index (χ2n) is 3.33. The Bertz CT molecular complexity index is 294. The van der Waals surface area contributed by atoms with Crippen molar-refractivity contribution in [1.29, 1.82) is 0 Å². The van der Waals surface area contributed by atoms with Crippen LogP contribution < -0.4 is 5.32 Å². The fourth-order valence-electron chi connectivity index (χ4n) is 1.37. The lowest BCUT2D eigenvalue weighted by molar-refractivity contribution is 0.165. The number of nitrogens with one attached hydrogen (secondary N) is 1. The van der Waals surface area contributed by atoms with E-state index in [0.717, 1.165) is 23.1 Å².